The molecule has 0 saturated carbocycles. The minimum Gasteiger partial charge on any atom is -0.489 e. The molecule has 0 radical (unpaired) electrons. The summed E-state index contributed by atoms with van der Waals surface area (Å²) in [6, 6.07) is 6.02. The zero-order valence-corrected chi connectivity index (χ0v) is 11.2. The van der Waals surface area contributed by atoms with Crippen LogP contribution in [0.4, 0.5) is 0 Å². The summed E-state index contributed by atoms with van der Waals surface area (Å²) < 4.78 is 5.74. The third-order valence-corrected chi connectivity index (χ3v) is 2.61. The van der Waals surface area contributed by atoms with E-state index in [1.807, 2.05) is 32.9 Å². The van der Waals surface area contributed by atoms with Crippen LogP contribution in [0, 0.1) is 13.8 Å². The lowest BCUT2D eigenvalue weighted by Gasteiger charge is -2.17. The van der Waals surface area contributed by atoms with Gasteiger partial charge in [0.05, 0.1) is 6.54 Å². The molecular formula is C13H18ClNO2. The first-order valence-corrected chi connectivity index (χ1v) is 6.13. The van der Waals surface area contributed by atoms with Gasteiger partial charge in [-0.1, -0.05) is 17.7 Å². The molecule has 0 aromatic heterocycles. The maximum Gasteiger partial charge on any atom is 0.235 e. The first kappa shape index (κ1) is 13.8. The van der Waals surface area contributed by atoms with Crippen molar-refractivity contribution in [3.63, 3.8) is 0 Å². The summed E-state index contributed by atoms with van der Waals surface area (Å²) in [4.78, 5) is 11.0. The zero-order valence-electron chi connectivity index (χ0n) is 10.4. The first-order valence-electron chi connectivity index (χ1n) is 5.59. The normalized spacial score (nSPS) is 12.0. The molecule has 94 valence electrons. The van der Waals surface area contributed by atoms with Gasteiger partial charge in [-0.25, -0.2) is 0 Å². The van der Waals surface area contributed by atoms with E-state index in [0.29, 0.717) is 6.54 Å². The molecule has 0 aliphatic rings. The molecule has 0 bridgehead atoms. The van der Waals surface area contributed by atoms with E-state index in [0.717, 1.165) is 11.3 Å². The fraction of sp³-hybridized carbons (Fsp3) is 0.462. The second-order valence-corrected chi connectivity index (χ2v) is 4.40. The Morgan fingerprint density at radius 1 is 1.47 bits per heavy atom. The molecule has 1 N–H and O–H groups in total. The van der Waals surface area contributed by atoms with Crippen molar-refractivity contribution in [1.82, 2.24) is 5.32 Å². The number of benzene rings is 1. The Bertz CT molecular complexity index is 393. The molecule has 0 aliphatic heterocycles. The highest BCUT2D eigenvalue weighted by molar-refractivity contribution is 6.27. The van der Waals surface area contributed by atoms with Crippen molar-refractivity contribution in [2.45, 2.75) is 26.9 Å². The Hall–Kier alpha value is -1.22. The maximum atomic E-state index is 11.0. The second-order valence-electron chi connectivity index (χ2n) is 4.14. The van der Waals surface area contributed by atoms with Crippen LogP contribution in [0.1, 0.15) is 18.1 Å². The summed E-state index contributed by atoms with van der Waals surface area (Å²) in [5.74, 6) is 0.655. The molecule has 0 spiro atoms. The van der Waals surface area contributed by atoms with Gasteiger partial charge in [0.2, 0.25) is 5.91 Å². The van der Waals surface area contributed by atoms with Crippen LogP contribution in [-0.2, 0) is 4.79 Å². The number of nitrogens with one attached hydrogen (secondary N) is 1. The molecule has 0 heterocycles. The van der Waals surface area contributed by atoms with Gasteiger partial charge < -0.3 is 10.1 Å². The number of rotatable bonds is 5. The summed E-state index contributed by atoms with van der Waals surface area (Å²) >= 11 is 5.39. The predicted molar refractivity (Wildman–Crippen MR) is 69.7 cm³/mol. The van der Waals surface area contributed by atoms with Crippen molar-refractivity contribution in [2.75, 3.05) is 12.4 Å². The topological polar surface area (TPSA) is 38.3 Å². The highest BCUT2D eigenvalue weighted by atomic mass is 35.5. The minimum atomic E-state index is -0.178. The van der Waals surface area contributed by atoms with E-state index in [1.54, 1.807) is 0 Å². The SMILES string of the molecule is Cc1ccc(OC(C)CNC(=O)CCl)c(C)c1. The predicted octanol–water partition coefficient (Wildman–Crippen LogP) is 2.43. The lowest BCUT2D eigenvalue weighted by Crippen LogP contribution is -2.34. The molecule has 1 atom stereocenters. The lowest BCUT2D eigenvalue weighted by atomic mass is 10.1. The van der Waals surface area contributed by atoms with Gasteiger partial charge in [0.25, 0.3) is 0 Å². The molecule has 4 heteroatoms. The van der Waals surface area contributed by atoms with Crippen molar-refractivity contribution in [1.29, 1.82) is 0 Å². The largest absolute Gasteiger partial charge is 0.489 e. The van der Waals surface area contributed by atoms with Crippen LogP contribution < -0.4 is 10.1 Å². The van der Waals surface area contributed by atoms with Crippen LogP contribution in [0.25, 0.3) is 0 Å². The standard InChI is InChI=1S/C13H18ClNO2/c1-9-4-5-12(10(2)6-9)17-11(3)8-15-13(16)7-14/h4-6,11H,7-8H2,1-3H3,(H,15,16). The van der Waals surface area contributed by atoms with Crippen LogP contribution in [0.3, 0.4) is 0 Å². The van der Waals surface area contributed by atoms with Crippen molar-refractivity contribution >= 4 is 17.5 Å². The number of carbonyl (C=O) groups is 1. The molecule has 1 amide bonds. The van der Waals surface area contributed by atoms with E-state index in [-0.39, 0.29) is 17.9 Å². The maximum absolute atomic E-state index is 11.0. The quantitative estimate of drug-likeness (QED) is 0.821. The van der Waals surface area contributed by atoms with Gasteiger partial charge in [-0.2, -0.15) is 0 Å². The molecule has 0 aliphatic carbocycles. The van der Waals surface area contributed by atoms with Crippen LogP contribution in [0.5, 0.6) is 5.75 Å². The molecule has 0 saturated heterocycles. The van der Waals surface area contributed by atoms with Gasteiger partial charge in [0.15, 0.2) is 0 Å². The summed E-state index contributed by atoms with van der Waals surface area (Å²) in [5, 5.41) is 2.69. The fourth-order valence-corrected chi connectivity index (χ4v) is 1.59. The van der Waals surface area contributed by atoms with Gasteiger partial charge in [0.1, 0.15) is 17.7 Å². The molecule has 3 nitrogen and oxygen atoms in total. The fourth-order valence-electron chi connectivity index (χ4n) is 1.49. The molecule has 17 heavy (non-hydrogen) atoms. The van der Waals surface area contributed by atoms with E-state index in [9.17, 15) is 4.79 Å². The van der Waals surface area contributed by atoms with Gasteiger partial charge in [-0.05, 0) is 32.4 Å². The number of ether oxygens (including phenoxy) is 1. The molecule has 0 fully saturated rings. The smallest absolute Gasteiger partial charge is 0.235 e. The van der Waals surface area contributed by atoms with E-state index in [1.165, 1.54) is 5.56 Å². The summed E-state index contributed by atoms with van der Waals surface area (Å²) in [6.45, 7) is 6.42. The number of amides is 1. The molecule has 1 rings (SSSR count). The number of alkyl halides is 1. The lowest BCUT2D eigenvalue weighted by molar-refractivity contribution is -0.119. The number of carbonyl (C=O) groups excluding carboxylic acids is 1. The Labute approximate surface area is 107 Å². The van der Waals surface area contributed by atoms with E-state index < -0.39 is 0 Å². The third kappa shape index (κ3) is 4.65. The van der Waals surface area contributed by atoms with E-state index in [2.05, 4.69) is 11.4 Å². The molecule has 1 aromatic rings. The molecule has 1 aromatic carbocycles. The van der Waals surface area contributed by atoms with Crippen LogP contribution in [-0.4, -0.2) is 24.4 Å². The number of aryl methyl sites for hydroxylation is 2. The average Bonchev–Trinajstić information content (AvgIpc) is 2.29. The molecule has 1 unspecified atom stereocenters. The Morgan fingerprint density at radius 3 is 2.76 bits per heavy atom. The molecular weight excluding hydrogens is 238 g/mol. The van der Waals surface area contributed by atoms with Crippen LogP contribution in [0.2, 0.25) is 0 Å². The first-order chi connectivity index (χ1) is 8.02. The van der Waals surface area contributed by atoms with Crippen LogP contribution in [0.15, 0.2) is 18.2 Å². The van der Waals surface area contributed by atoms with Gasteiger partial charge in [-0.3, -0.25) is 4.79 Å². The van der Waals surface area contributed by atoms with Gasteiger partial charge >= 0.3 is 0 Å². The number of halogens is 1. The summed E-state index contributed by atoms with van der Waals surface area (Å²) in [6.07, 6.45) is -0.0800. The summed E-state index contributed by atoms with van der Waals surface area (Å²) in [7, 11) is 0. The number of hydrogen-bond donors (Lipinski definition) is 1. The minimum absolute atomic E-state index is 0.0176. The zero-order chi connectivity index (χ0) is 12.8. The highest BCUT2D eigenvalue weighted by Gasteiger charge is 2.07. The van der Waals surface area contributed by atoms with Crippen molar-refractivity contribution in [3.8, 4) is 5.75 Å². The Balaban J connectivity index is 2.50. The van der Waals surface area contributed by atoms with Crippen molar-refractivity contribution in [2.24, 2.45) is 0 Å². The van der Waals surface area contributed by atoms with E-state index in [4.69, 9.17) is 16.3 Å². The monoisotopic (exact) mass is 255 g/mol. The van der Waals surface area contributed by atoms with Gasteiger partial charge in [-0.15, -0.1) is 11.6 Å². The van der Waals surface area contributed by atoms with Crippen molar-refractivity contribution < 1.29 is 9.53 Å². The Morgan fingerprint density at radius 2 is 2.18 bits per heavy atom. The summed E-state index contributed by atoms with van der Waals surface area (Å²) in [5.41, 5.74) is 2.30. The highest BCUT2D eigenvalue weighted by Crippen LogP contribution is 2.19. The van der Waals surface area contributed by atoms with Gasteiger partial charge in [0, 0.05) is 0 Å². The van der Waals surface area contributed by atoms with Crippen LogP contribution >= 0.6 is 11.6 Å². The Kier molecular flexibility index (Phi) is 5.29. The van der Waals surface area contributed by atoms with Crippen molar-refractivity contribution in [3.05, 3.63) is 29.3 Å². The second kappa shape index (κ2) is 6.50. The average molecular weight is 256 g/mol. The third-order valence-electron chi connectivity index (χ3n) is 2.37. The number of hydrogen-bond acceptors (Lipinski definition) is 2. The van der Waals surface area contributed by atoms with E-state index >= 15 is 0 Å².